The molecule has 1 saturated heterocycles. The SMILES string of the molecule is CCOC1CCN(c2c(F)cc(C#N)cc2F)CC1. The molecule has 5 heteroatoms. The number of hydrogen-bond acceptors (Lipinski definition) is 3. The number of rotatable bonds is 3. The first-order valence-electron chi connectivity index (χ1n) is 6.41. The summed E-state index contributed by atoms with van der Waals surface area (Å²) >= 11 is 0. The van der Waals surface area contributed by atoms with Gasteiger partial charge in [0.05, 0.1) is 17.7 Å². The predicted molar refractivity (Wildman–Crippen MR) is 67.9 cm³/mol. The van der Waals surface area contributed by atoms with Crippen LogP contribution in [0.1, 0.15) is 25.3 Å². The number of halogens is 2. The molecule has 0 radical (unpaired) electrons. The van der Waals surface area contributed by atoms with E-state index >= 15 is 0 Å². The Hall–Kier alpha value is -1.67. The van der Waals surface area contributed by atoms with Crippen molar-refractivity contribution >= 4 is 5.69 Å². The summed E-state index contributed by atoms with van der Waals surface area (Å²) in [5.41, 5.74) is -0.0306. The molecular weight excluding hydrogens is 250 g/mol. The minimum atomic E-state index is -0.675. The maximum absolute atomic E-state index is 13.9. The first-order valence-corrected chi connectivity index (χ1v) is 6.41. The molecule has 0 N–H and O–H groups in total. The third kappa shape index (κ3) is 3.02. The zero-order chi connectivity index (χ0) is 13.8. The molecule has 1 heterocycles. The van der Waals surface area contributed by atoms with E-state index in [0.29, 0.717) is 19.7 Å². The Morgan fingerprint density at radius 1 is 1.32 bits per heavy atom. The monoisotopic (exact) mass is 266 g/mol. The summed E-state index contributed by atoms with van der Waals surface area (Å²) in [5.74, 6) is -1.35. The largest absolute Gasteiger partial charge is 0.378 e. The maximum Gasteiger partial charge on any atom is 0.150 e. The van der Waals surface area contributed by atoms with Crippen LogP contribution in [0.5, 0.6) is 0 Å². The lowest BCUT2D eigenvalue weighted by Gasteiger charge is -2.33. The number of nitriles is 1. The average Bonchev–Trinajstić information content (AvgIpc) is 2.40. The topological polar surface area (TPSA) is 36.3 Å². The highest BCUT2D eigenvalue weighted by Crippen LogP contribution is 2.28. The molecule has 0 spiro atoms. The van der Waals surface area contributed by atoms with Crippen molar-refractivity contribution in [1.29, 1.82) is 5.26 Å². The summed E-state index contributed by atoms with van der Waals surface area (Å²) in [5, 5.41) is 8.67. The standard InChI is InChI=1S/C14H16F2N2O/c1-2-19-11-3-5-18(6-4-11)14-12(15)7-10(9-17)8-13(14)16/h7-8,11H,2-6H2,1H3. The second-order valence-corrected chi connectivity index (χ2v) is 4.54. The Balaban J connectivity index is 2.14. The van der Waals surface area contributed by atoms with Crippen molar-refractivity contribution in [3.05, 3.63) is 29.3 Å². The predicted octanol–water partition coefficient (Wildman–Crippen LogP) is 2.84. The second-order valence-electron chi connectivity index (χ2n) is 4.54. The van der Waals surface area contributed by atoms with Crippen LogP contribution in [0.3, 0.4) is 0 Å². The fraction of sp³-hybridized carbons (Fsp3) is 0.500. The van der Waals surface area contributed by atoms with Crippen molar-refractivity contribution in [1.82, 2.24) is 0 Å². The van der Waals surface area contributed by atoms with Gasteiger partial charge in [0, 0.05) is 19.7 Å². The van der Waals surface area contributed by atoms with E-state index < -0.39 is 11.6 Å². The number of hydrogen-bond donors (Lipinski definition) is 0. The van der Waals surface area contributed by atoms with Crippen LogP contribution in [0.15, 0.2) is 12.1 Å². The Labute approximate surface area is 111 Å². The van der Waals surface area contributed by atoms with E-state index in [1.165, 1.54) is 0 Å². The van der Waals surface area contributed by atoms with Gasteiger partial charge in [0.15, 0.2) is 11.6 Å². The van der Waals surface area contributed by atoms with Crippen molar-refractivity contribution in [3.63, 3.8) is 0 Å². The smallest absolute Gasteiger partial charge is 0.150 e. The molecule has 102 valence electrons. The normalized spacial score (nSPS) is 16.4. The van der Waals surface area contributed by atoms with Crippen molar-refractivity contribution < 1.29 is 13.5 Å². The van der Waals surface area contributed by atoms with Crippen molar-refractivity contribution in [3.8, 4) is 6.07 Å². The van der Waals surface area contributed by atoms with Gasteiger partial charge in [0.1, 0.15) is 5.69 Å². The summed E-state index contributed by atoms with van der Waals surface area (Å²) in [7, 11) is 0. The highest BCUT2D eigenvalue weighted by atomic mass is 19.1. The van der Waals surface area contributed by atoms with Gasteiger partial charge in [0.2, 0.25) is 0 Å². The number of benzene rings is 1. The van der Waals surface area contributed by atoms with Gasteiger partial charge in [-0.1, -0.05) is 0 Å². The van der Waals surface area contributed by atoms with Crippen LogP contribution in [-0.4, -0.2) is 25.8 Å². The van der Waals surface area contributed by atoms with Gasteiger partial charge in [-0.15, -0.1) is 0 Å². The lowest BCUT2D eigenvalue weighted by Crippen LogP contribution is -2.38. The van der Waals surface area contributed by atoms with Gasteiger partial charge >= 0.3 is 0 Å². The van der Waals surface area contributed by atoms with E-state index in [2.05, 4.69) is 0 Å². The van der Waals surface area contributed by atoms with E-state index in [-0.39, 0.29) is 17.4 Å². The Bertz CT molecular complexity index is 468. The summed E-state index contributed by atoms with van der Waals surface area (Å²) in [4.78, 5) is 1.68. The zero-order valence-electron chi connectivity index (χ0n) is 10.8. The molecule has 19 heavy (non-hydrogen) atoms. The fourth-order valence-electron chi connectivity index (χ4n) is 2.41. The van der Waals surface area contributed by atoms with Gasteiger partial charge in [-0.2, -0.15) is 5.26 Å². The third-order valence-electron chi connectivity index (χ3n) is 3.31. The Kier molecular flexibility index (Phi) is 4.33. The maximum atomic E-state index is 13.9. The lowest BCUT2D eigenvalue weighted by molar-refractivity contribution is 0.0457. The molecule has 2 rings (SSSR count). The Morgan fingerprint density at radius 3 is 2.37 bits per heavy atom. The summed E-state index contributed by atoms with van der Waals surface area (Å²) in [6.45, 7) is 3.71. The van der Waals surface area contributed by atoms with Crippen LogP contribution in [-0.2, 0) is 4.74 Å². The van der Waals surface area contributed by atoms with Crippen LogP contribution < -0.4 is 4.90 Å². The summed E-state index contributed by atoms with van der Waals surface area (Å²) in [6, 6.07) is 3.90. The average molecular weight is 266 g/mol. The van der Waals surface area contributed by atoms with Crippen molar-refractivity contribution in [2.75, 3.05) is 24.6 Å². The van der Waals surface area contributed by atoms with Crippen LogP contribution >= 0.6 is 0 Å². The highest BCUT2D eigenvalue weighted by molar-refractivity contribution is 5.52. The van der Waals surface area contributed by atoms with Crippen molar-refractivity contribution in [2.45, 2.75) is 25.9 Å². The molecule has 1 fully saturated rings. The molecule has 0 bridgehead atoms. The zero-order valence-corrected chi connectivity index (χ0v) is 10.8. The molecule has 3 nitrogen and oxygen atoms in total. The van der Waals surface area contributed by atoms with E-state index in [1.54, 1.807) is 11.0 Å². The van der Waals surface area contributed by atoms with Crippen LogP contribution in [0.4, 0.5) is 14.5 Å². The lowest BCUT2D eigenvalue weighted by atomic mass is 10.1. The minimum Gasteiger partial charge on any atom is -0.378 e. The summed E-state index contributed by atoms with van der Waals surface area (Å²) in [6.07, 6.45) is 1.69. The quantitative estimate of drug-likeness (QED) is 0.844. The molecular formula is C14H16F2N2O. The van der Waals surface area contributed by atoms with Crippen molar-refractivity contribution in [2.24, 2.45) is 0 Å². The van der Waals surface area contributed by atoms with E-state index in [9.17, 15) is 8.78 Å². The van der Waals surface area contributed by atoms with Crippen LogP contribution in [0.2, 0.25) is 0 Å². The van der Waals surface area contributed by atoms with E-state index in [0.717, 1.165) is 25.0 Å². The minimum absolute atomic E-state index is 0.00273. The van der Waals surface area contributed by atoms with Gasteiger partial charge < -0.3 is 9.64 Å². The number of nitrogens with zero attached hydrogens (tertiary/aromatic N) is 2. The molecule has 0 unspecified atom stereocenters. The third-order valence-corrected chi connectivity index (χ3v) is 3.31. The molecule has 0 aliphatic carbocycles. The van der Waals surface area contributed by atoms with Gasteiger partial charge in [-0.25, -0.2) is 8.78 Å². The Morgan fingerprint density at radius 2 is 1.89 bits per heavy atom. The molecule has 0 amide bonds. The molecule has 0 atom stereocenters. The number of anilines is 1. The van der Waals surface area contributed by atoms with Gasteiger partial charge in [-0.05, 0) is 31.9 Å². The molecule has 1 aliphatic rings. The molecule has 1 aromatic rings. The highest BCUT2D eigenvalue weighted by Gasteiger charge is 2.24. The first-order chi connectivity index (χ1) is 9.15. The van der Waals surface area contributed by atoms with E-state index in [1.807, 2.05) is 6.92 Å². The second kappa shape index (κ2) is 5.98. The summed E-state index contributed by atoms with van der Waals surface area (Å²) < 4.78 is 33.2. The number of ether oxygens (including phenoxy) is 1. The van der Waals surface area contributed by atoms with Crippen LogP contribution in [0.25, 0.3) is 0 Å². The number of piperidine rings is 1. The van der Waals surface area contributed by atoms with E-state index in [4.69, 9.17) is 10.00 Å². The first kappa shape index (κ1) is 13.8. The fourth-order valence-corrected chi connectivity index (χ4v) is 2.41. The van der Waals surface area contributed by atoms with Gasteiger partial charge in [-0.3, -0.25) is 0 Å². The van der Waals surface area contributed by atoms with Crippen LogP contribution in [0, 0.1) is 23.0 Å². The molecule has 1 aliphatic heterocycles. The molecule has 0 aromatic heterocycles. The molecule has 1 aromatic carbocycles. The molecule has 0 saturated carbocycles. The van der Waals surface area contributed by atoms with Gasteiger partial charge in [0.25, 0.3) is 0 Å².